The maximum atomic E-state index is 14.0. The second-order valence-corrected chi connectivity index (χ2v) is 11.0. The van der Waals surface area contributed by atoms with E-state index in [4.69, 9.17) is 4.74 Å². The number of carbonyl (C=O) groups excluding carboxylic acids is 1. The maximum Gasteiger partial charge on any atom is 0.355 e. The summed E-state index contributed by atoms with van der Waals surface area (Å²) in [5.74, 6) is -0.149. The number of aromatic carboxylic acids is 1. The minimum atomic E-state index is -1.03. The Hall–Kier alpha value is -3.19. The van der Waals surface area contributed by atoms with Gasteiger partial charge in [0.2, 0.25) is 5.91 Å². The fraction of sp³-hybridized carbons (Fsp3) is 0.393. The van der Waals surface area contributed by atoms with Crippen molar-refractivity contribution >= 4 is 23.2 Å². The number of carboxylic acids is 1. The number of aromatic nitrogens is 1. The zero-order valence-corrected chi connectivity index (χ0v) is 20.9. The first-order valence-electron chi connectivity index (χ1n) is 12.1. The number of carbonyl (C=O) groups is 2. The normalized spacial score (nSPS) is 17.0. The number of ether oxygens (including phenoxy) is 1. The van der Waals surface area contributed by atoms with Gasteiger partial charge in [0.25, 0.3) is 0 Å². The molecule has 182 valence electrons. The minimum Gasteiger partial charge on any atom is -0.497 e. The molecule has 5 rings (SSSR count). The van der Waals surface area contributed by atoms with Crippen LogP contribution >= 0.6 is 11.3 Å². The molecule has 0 spiro atoms. The summed E-state index contributed by atoms with van der Waals surface area (Å²) in [5, 5.41) is 10.1. The molecule has 1 heterocycles. The highest BCUT2D eigenvalue weighted by atomic mass is 32.1. The summed E-state index contributed by atoms with van der Waals surface area (Å²) in [6.45, 7) is 2.72. The van der Waals surface area contributed by atoms with Crippen molar-refractivity contribution in [1.82, 2.24) is 9.88 Å². The summed E-state index contributed by atoms with van der Waals surface area (Å²) in [5.41, 5.74) is 2.04. The number of rotatable bonds is 10. The van der Waals surface area contributed by atoms with Crippen LogP contribution in [-0.2, 0) is 22.2 Å². The molecule has 6 nitrogen and oxygen atoms in total. The molecule has 3 aromatic rings. The number of hydrogen-bond donors (Lipinski definition) is 1. The van der Waals surface area contributed by atoms with Crippen LogP contribution in [0.5, 0.6) is 5.75 Å². The molecule has 0 radical (unpaired) electrons. The molecular weight excluding hydrogens is 460 g/mol. The highest BCUT2D eigenvalue weighted by Gasteiger charge is 2.53. The fourth-order valence-corrected chi connectivity index (χ4v) is 6.01. The van der Waals surface area contributed by atoms with E-state index in [1.165, 1.54) is 16.9 Å². The molecular formula is C28H30N2O4S. The van der Waals surface area contributed by atoms with Crippen LogP contribution in [0.15, 0.2) is 54.6 Å². The molecule has 2 aromatic carbocycles. The molecule has 7 heteroatoms. The number of carboxylic acid groups (broad SMARTS) is 1. The van der Waals surface area contributed by atoms with Gasteiger partial charge in [-0.15, -0.1) is 11.3 Å². The molecule has 1 N–H and O–H groups in total. The fourth-order valence-electron chi connectivity index (χ4n) is 5.07. The SMILES string of the molecule is COc1ccc(C2(C(=O)N(CCC3(c4ccccc4)CC3)Cc3nc(C(=O)O)c(C)s3)CC2)cc1. The number of thiazole rings is 1. The van der Waals surface area contributed by atoms with E-state index in [2.05, 4.69) is 29.2 Å². The van der Waals surface area contributed by atoms with Crippen LogP contribution in [-0.4, -0.2) is 40.5 Å². The summed E-state index contributed by atoms with van der Waals surface area (Å²) in [6.07, 6.45) is 4.77. The zero-order chi connectivity index (χ0) is 24.6. The van der Waals surface area contributed by atoms with Crippen LogP contribution in [0, 0.1) is 6.92 Å². The molecule has 1 amide bonds. The Morgan fingerprint density at radius 3 is 2.26 bits per heavy atom. The van der Waals surface area contributed by atoms with Gasteiger partial charge in [-0.3, -0.25) is 4.79 Å². The Kier molecular flexibility index (Phi) is 6.13. The van der Waals surface area contributed by atoms with Crippen molar-refractivity contribution in [3.8, 4) is 5.75 Å². The quantitative estimate of drug-likeness (QED) is 0.415. The van der Waals surface area contributed by atoms with Gasteiger partial charge in [-0.25, -0.2) is 9.78 Å². The highest BCUT2D eigenvalue weighted by Crippen LogP contribution is 2.53. The van der Waals surface area contributed by atoms with Crippen molar-refractivity contribution in [2.24, 2.45) is 0 Å². The van der Waals surface area contributed by atoms with Gasteiger partial charge in [-0.05, 0) is 67.7 Å². The highest BCUT2D eigenvalue weighted by molar-refractivity contribution is 7.11. The topological polar surface area (TPSA) is 79.7 Å². The Morgan fingerprint density at radius 2 is 1.71 bits per heavy atom. The summed E-state index contributed by atoms with van der Waals surface area (Å²) in [6, 6.07) is 18.3. The average Bonchev–Trinajstić information content (AvgIpc) is 3.80. The number of amides is 1. The molecule has 2 aliphatic rings. The van der Waals surface area contributed by atoms with Gasteiger partial charge < -0.3 is 14.7 Å². The Labute approximate surface area is 209 Å². The third-order valence-corrected chi connectivity index (χ3v) is 8.51. The van der Waals surface area contributed by atoms with Crippen LogP contribution in [0.1, 0.15) is 63.6 Å². The van der Waals surface area contributed by atoms with Crippen molar-refractivity contribution in [2.45, 2.75) is 56.4 Å². The first-order chi connectivity index (χ1) is 16.9. The van der Waals surface area contributed by atoms with E-state index in [-0.39, 0.29) is 17.0 Å². The van der Waals surface area contributed by atoms with Gasteiger partial charge >= 0.3 is 5.97 Å². The van der Waals surface area contributed by atoms with Crippen LogP contribution < -0.4 is 4.74 Å². The smallest absolute Gasteiger partial charge is 0.355 e. The summed E-state index contributed by atoms with van der Waals surface area (Å²) in [4.78, 5) is 32.5. The van der Waals surface area contributed by atoms with E-state index in [1.54, 1.807) is 14.0 Å². The molecule has 0 aliphatic heterocycles. The van der Waals surface area contributed by atoms with Crippen LogP contribution in [0.2, 0.25) is 0 Å². The van der Waals surface area contributed by atoms with E-state index in [0.29, 0.717) is 23.0 Å². The van der Waals surface area contributed by atoms with E-state index >= 15 is 0 Å². The number of aryl methyl sites for hydroxylation is 1. The maximum absolute atomic E-state index is 14.0. The van der Waals surface area contributed by atoms with Crippen LogP contribution in [0.3, 0.4) is 0 Å². The van der Waals surface area contributed by atoms with Crippen molar-refractivity contribution in [3.63, 3.8) is 0 Å². The predicted octanol–water partition coefficient (Wildman–Crippen LogP) is 5.34. The minimum absolute atomic E-state index is 0.0802. The Bertz CT molecular complexity index is 1230. The summed E-state index contributed by atoms with van der Waals surface area (Å²) in [7, 11) is 1.64. The monoisotopic (exact) mass is 490 g/mol. The average molecular weight is 491 g/mol. The lowest BCUT2D eigenvalue weighted by Crippen LogP contribution is -2.40. The molecule has 0 atom stereocenters. The first-order valence-corrected chi connectivity index (χ1v) is 12.9. The van der Waals surface area contributed by atoms with Crippen molar-refractivity contribution in [3.05, 3.63) is 81.3 Å². The number of hydrogen-bond acceptors (Lipinski definition) is 5. The van der Waals surface area contributed by atoms with Gasteiger partial charge in [0, 0.05) is 11.4 Å². The lowest BCUT2D eigenvalue weighted by atomic mass is 9.91. The van der Waals surface area contributed by atoms with E-state index < -0.39 is 11.4 Å². The third kappa shape index (κ3) is 4.57. The molecule has 0 bridgehead atoms. The Balaban J connectivity index is 1.41. The molecule has 0 unspecified atom stereocenters. The van der Waals surface area contributed by atoms with Crippen LogP contribution in [0.4, 0.5) is 0 Å². The Morgan fingerprint density at radius 1 is 1.03 bits per heavy atom. The first kappa shape index (κ1) is 23.5. The van der Waals surface area contributed by atoms with Gasteiger partial charge in [-0.1, -0.05) is 42.5 Å². The van der Waals surface area contributed by atoms with Crippen LogP contribution in [0.25, 0.3) is 0 Å². The number of nitrogens with zero attached hydrogens (tertiary/aromatic N) is 2. The number of methoxy groups -OCH3 is 1. The molecule has 35 heavy (non-hydrogen) atoms. The summed E-state index contributed by atoms with van der Waals surface area (Å²) >= 11 is 1.36. The van der Waals surface area contributed by atoms with E-state index in [9.17, 15) is 14.7 Å². The molecule has 2 aliphatic carbocycles. The predicted molar refractivity (Wildman–Crippen MR) is 135 cm³/mol. The van der Waals surface area contributed by atoms with E-state index in [1.807, 2.05) is 35.2 Å². The molecule has 1 aromatic heterocycles. The van der Waals surface area contributed by atoms with Gasteiger partial charge in [0.15, 0.2) is 5.69 Å². The van der Waals surface area contributed by atoms with Crippen molar-refractivity contribution in [2.75, 3.05) is 13.7 Å². The summed E-state index contributed by atoms with van der Waals surface area (Å²) < 4.78 is 5.30. The molecule has 0 saturated heterocycles. The zero-order valence-electron chi connectivity index (χ0n) is 20.1. The largest absolute Gasteiger partial charge is 0.497 e. The van der Waals surface area contributed by atoms with E-state index in [0.717, 1.165) is 43.4 Å². The lowest BCUT2D eigenvalue weighted by molar-refractivity contribution is -0.134. The van der Waals surface area contributed by atoms with Gasteiger partial charge in [0.1, 0.15) is 10.8 Å². The molecule has 2 fully saturated rings. The van der Waals surface area contributed by atoms with Gasteiger partial charge in [-0.2, -0.15) is 0 Å². The van der Waals surface area contributed by atoms with Gasteiger partial charge in [0.05, 0.1) is 19.1 Å². The van der Waals surface area contributed by atoms with Crippen molar-refractivity contribution < 1.29 is 19.4 Å². The second kappa shape index (κ2) is 9.11. The second-order valence-electron chi connectivity index (χ2n) is 9.75. The third-order valence-electron chi connectivity index (χ3n) is 7.56. The van der Waals surface area contributed by atoms with Crippen molar-refractivity contribution in [1.29, 1.82) is 0 Å². The molecule has 2 saturated carbocycles. The standard InChI is InChI=1S/C28H30N2O4S/c1-19-24(25(31)32)29-23(35-19)18-30(17-16-27(12-13-27)20-6-4-3-5-7-20)26(33)28(14-15-28)21-8-10-22(34-2)11-9-21/h3-11H,12-18H2,1-2H3,(H,31,32). The number of benzene rings is 2. The lowest BCUT2D eigenvalue weighted by Gasteiger charge is -2.29.